The molecule has 3 fully saturated rings. The van der Waals surface area contributed by atoms with Gasteiger partial charge in [-0.05, 0) is 57.5 Å². The molecule has 0 aromatic heterocycles. The number of nitrogens with zero attached hydrogens (tertiary/aromatic N) is 2. The summed E-state index contributed by atoms with van der Waals surface area (Å²) in [6, 6.07) is 0. The quantitative estimate of drug-likeness (QED) is 0.847. The van der Waals surface area contributed by atoms with E-state index in [2.05, 4.69) is 9.80 Å². The van der Waals surface area contributed by atoms with Crippen LogP contribution in [0.1, 0.15) is 44.9 Å². The fraction of sp³-hybridized carbons (Fsp3) is 0.938. The molecule has 4 heteroatoms. The molecule has 2 aliphatic heterocycles. The molecule has 0 atom stereocenters. The second-order valence-corrected chi connectivity index (χ2v) is 7.08. The summed E-state index contributed by atoms with van der Waals surface area (Å²) in [7, 11) is 0. The normalized spacial score (nSPS) is 27.6. The summed E-state index contributed by atoms with van der Waals surface area (Å²) in [5, 5.41) is 0. The highest BCUT2D eigenvalue weighted by molar-refractivity contribution is 5.84. The number of amides is 1. The molecule has 0 aromatic carbocycles. The van der Waals surface area contributed by atoms with Crippen molar-refractivity contribution in [2.24, 2.45) is 17.1 Å². The zero-order valence-corrected chi connectivity index (χ0v) is 12.6. The van der Waals surface area contributed by atoms with Crippen molar-refractivity contribution >= 4 is 5.91 Å². The average Bonchev–Trinajstić information content (AvgIpc) is 2.92. The molecule has 0 spiro atoms. The Kier molecular flexibility index (Phi) is 4.32. The van der Waals surface area contributed by atoms with Crippen LogP contribution in [-0.4, -0.2) is 55.0 Å². The zero-order chi connectivity index (χ0) is 14.0. The first-order valence-corrected chi connectivity index (χ1v) is 8.45. The minimum Gasteiger partial charge on any atom is -0.342 e. The van der Waals surface area contributed by atoms with E-state index in [1.54, 1.807) is 0 Å². The highest BCUT2D eigenvalue weighted by Gasteiger charge is 2.45. The number of carbonyl (C=O) groups excluding carboxylic acids is 1. The van der Waals surface area contributed by atoms with Gasteiger partial charge in [0.2, 0.25) is 5.91 Å². The number of carbonyl (C=O) groups is 1. The van der Waals surface area contributed by atoms with Crippen molar-refractivity contribution in [1.82, 2.24) is 9.80 Å². The number of likely N-dealkylation sites (tertiary alicyclic amines) is 2. The highest BCUT2D eigenvalue weighted by Crippen LogP contribution is 2.42. The van der Waals surface area contributed by atoms with E-state index in [1.165, 1.54) is 51.7 Å². The van der Waals surface area contributed by atoms with Crippen LogP contribution >= 0.6 is 0 Å². The van der Waals surface area contributed by atoms with Crippen molar-refractivity contribution in [2.75, 3.05) is 39.3 Å². The highest BCUT2D eigenvalue weighted by atomic mass is 16.2. The summed E-state index contributed by atoms with van der Waals surface area (Å²) in [6.07, 6.45) is 8.30. The van der Waals surface area contributed by atoms with E-state index in [0.717, 1.165) is 31.8 Å². The van der Waals surface area contributed by atoms with Gasteiger partial charge in [0.05, 0.1) is 5.41 Å². The second-order valence-electron chi connectivity index (χ2n) is 7.08. The summed E-state index contributed by atoms with van der Waals surface area (Å²) in [5.74, 6) is 1.15. The molecule has 0 radical (unpaired) electrons. The summed E-state index contributed by atoms with van der Waals surface area (Å²) in [5.41, 5.74) is 5.68. The number of piperidine rings is 1. The summed E-state index contributed by atoms with van der Waals surface area (Å²) >= 11 is 0. The van der Waals surface area contributed by atoms with Gasteiger partial charge in [0, 0.05) is 26.2 Å². The van der Waals surface area contributed by atoms with Crippen LogP contribution in [0, 0.1) is 11.3 Å². The average molecular weight is 279 g/mol. The lowest BCUT2D eigenvalue weighted by molar-refractivity contribution is -0.148. The molecule has 1 aliphatic carbocycles. The fourth-order valence-electron chi connectivity index (χ4n) is 4.09. The molecule has 2 heterocycles. The van der Waals surface area contributed by atoms with E-state index in [9.17, 15) is 4.79 Å². The van der Waals surface area contributed by atoms with Gasteiger partial charge >= 0.3 is 0 Å². The largest absolute Gasteiger partial charge is 0.342 e. The molecule has 2 N–H and O–H groups in total. The lowest BCUT2D eigenvalue weighted by atomic mass is 9.67. The lowest BCUT2D eigenvalue weighted by Crippen LogP contribution is -2.54. The Bertz CT molecular complexity index is 334. The topological polar surface area (TPSA) is 49.6 Å². The van der Waals surface area contributed by atoms with Crippen molar-refractivity contribution in [3.8, 4) is 0 Å². The molecule has 0 aromatic rings. The van der Waals surface area contributed by atoms with E-state index >= 15 is 0 Å². The van der Waals surface area contributed by atoms with Gasteiger partial charge in [-0.3, -0.25) is 4.79 Å². The van der Waals surface area contributed by atoms with Crippen LogP contribution < -0.4 is 5.73 Å². The first-order valence-electron chi connectivity index (χ1n) is 8.45. The molecule has 0 unspecified atom stereocenters. The van der Waals surface area contributed by atoms with Gasteiger partial charge in [-0.1, -0.05) is 6.42 Å². The maximum absolute atomic E-state index is 12.6. The molecular weight excluding hydrogens is 250 g/mol. The molecule has 3 rings (SSSR count). The third kappa shape index (κ3) is 2.73. The smallest absolute Gasteiger partial charge is 0.230 e. The standard InChI is InChI=1S/C16H29N3O/c17-13-16(6-3-7-16)15(20)19-10-4-14(5-11-19)12-18-8-1-2-9-18/h14H,1-13,17H2. The fourth-order valence-corrected chi connectivity index (χ4v) is 4.09. The number of rotatable bonds is 4. The van der Waals surface area contributed by atoms with Crippen LogP contribution in [0.3, 0.4) is 0 Å². The lowest BCUT2D eigenvalue weighted by Gasteiger charge is -2.44. The summed E-state index contributed by atoms with van der Waals surface area (Å²) in [6.45, 7) is 6.28. The predicted molar refractivity (Wildman–Crippen MR) is 80.3 cm³/mol. The van der Waals surface area contributed by atoms with E-state index < -0.39 is 0 Å². The predicted octanol–water partition coefficient (Wildman–Crippen LogP) is 1.45. The van der Waals surface area contributed by atoms with Crippen LogP contribution in [0.25, 0.3) is 0 Å². The van der Waals surface area contributed by atoms with Gasteiger partial charge < -0.3 is 15.5 Å². The Morgan fingerprint density at radius 1 is 1.05 bits per heavy atom. The van der Waals surface area contributed by atoms with Gasteiger partial charge in [0.15, 0.2) is 0 Å². The van der Waals surface area contributed by atoms with Crippen LogP contribution in [-0.2, 0) is 4.79 Å². The van der Waals surface area contributed by atoms with Gasteiger partial charge in [-0.15, -0.1) is 0 Å². The van der Waals surface area contributed by atoms with Gasteiger partial charge in [0.25, 0.3) is 0 Å². The molecule has 0 bridgehead atoms. The van der Waals surface area contributed by atoms with E-state index in [1.807, 2.05) is 0 Å². The summed E-state index contributed by atoms with van der Waals surface area (Å²) < 4.78 is 0. The van der Waals surface area contributed by atoms with Crippen LogP contribution in [0.2, 0.25) is 0 Å². The Balaban J connectivity index is 1.47. The monoisotopic (exact) mass is 279 g/mol. The molecule has 1 saturated carbocycles. The molecule has 1 amide bonds. The Morgan fingerprint density at radius 2 is 1.70 bits per heavy atom. The summed E-state index contributed by atoms with van der Waals surface area (Å²) in [4.78, 5) is 17.3. The molecule has 3 aliphatic rings. The Hall–Kier alpha value is -0.610. The molecule has 4 nitrogen and oxygen atoms in total. The van der Waals surface area contributed by atoms with Crippen molar-refractivity contribution in [3.63, 3.8) is 0 Å². The maximum atomic E-state index is 12.6. The number of hydrogen-bond donors (Lipinski definition) is 1. The first-order chi connectivity index (χ1) is 9.73. The van der Waals surface area contributed by atoms with Gasteiger partial charge in [-0.2, -0.15) is 0 Å². The second kappa shape index (κ2) is 6.02. The van der Waals surface area contributed by atoms with Crippen LogP contribution in [0.15, 0.2) is 0 Å². The van der Waals surface area contributed by atoms with Crippen molar-refractivity contribution in [3.05, 3.63) is 0 Å². The van der Waals surface area contributed by atoms with Crippen LogP contribution in [0.5, 0.6) is 0 Å². The molecule has 2 saturated heterocycles. The van der Waals surface area contributed by atoms with Crippen molar-refractivity contribution in [2.45, 2.75) is 44.9 Å². The number of hydrogen-bond acceptors (Lipinski definition) is 3. The Labute approximate surface area is 122 Å². The van der Waals surface area contributed by atoms with Crippen molar-refractivity contribution in [1.29, 1.82) is 0 Å². The third-order valence-electron chi connectivity index (χ3n) is 5.77. The van der Waals surface area contributed by atoms with E-state index in [-0.39, 0.29) is 5.41 Å². The van der Waals surface area contributed by atoms with Gasteiger partial charge in [0.1, 0.15) is 0 Å². The minimum atomic E-state index is -0.179. The number of nitrogens with two attached hydrogens (primary N) is 1. The third-order valence-corrected chi connectivity index (χ3v) is 5.77. The SMILES string of the molecule is NCC1(C(=O)N2CCC(CN3CCCC3)CC2)CCC1. The first kappa shape index (κ1) is 14.3. The van der Waals surface area contributed by atoms with Crippen LogP contribution in [0.4, 0.5) is 0 Å². The van der Waals surface area contributed by atoms with E-state index in [4.69, 9.17) is 5.73 Å². The maximum Gasteiger partial charge on any atom is 0.230 e. The van der Waals surface area contributed by atoms with Gasteiger partial charge in [-0.25, -0.2) is 0 Å². The molecule has 114 valence electrons. The van der Waals surface area contributed by atoms with Crippen molar-refractivity contribution < 1.29 is 4.79 Å². The molecule has 20 heavy (non-hydrogen) atoms. The molecular formula is C16H29N3O. The Morgan fingerprint density at radius 3 is 2.20 bits per heavy atom. The minimum absolute atomic E-state index is 0.179. The zero-order valence-electron chi connectivity index (χ0n) is 12.6. The van der Waals surface area contributed by atoms with E-state index in [0.29, 0.717) is 12.5 Å².